The van der Waals surface area contributed by atoms with Gasteiger partial charge in [-0.1, -0.05) is 12.1 Å². The summed E-state index contributed by atoms with van der Waals surface area (Å²) in [6.45, 7) is 4.84. The maximum absolute atomic E-state index is 12.8. The molecule has 0 aromatic heterocycles. The van der Waals surface area contributed by atoms with Gasteiger partial charge in [0.05, 0.1) is 23.6 Å². The fraction of sp³-hybridized carbons (Fsp3) is 0.562. The lowest BCUT2D eigenvalue weighted by atomic mass is 10.1. The Kier molecular flexibility index (Phi) is 3.87. The topological polar surface area (TPSA) is 63.7 Å². The molecule has 1 aromatic rings. The predicted molar refractivity (Wildman–Crippen MR) is 82.3 cm³/mol. The highest BCUT2D eigenvalue weighted by Crippen LogP contribution is 2.33. The molecule has 0 N–H and O–H groups in total. The number of ether oxygens (including phenoxy) is 1. The van der Waals surface area contributed by atoms with Crippen molar-refractivity contribution in [3.05, 3.63) is 29.8 Å². The third kappa shape index (κ3) is 2.83. The lowest BCUT2D eigenvalue weighted by molar-refractivity contribution is -0.00770. The van der Waals surface area contributed by atoms with Crippen LogP contribution in [0.4, 0.5) is 0 Å². The number of nitrogens with zero attached hydrogens (tertiary/aromatic N) is 1. The highest BCUT2D eigenvalue weighted by atomic mass is 32.2. The Labute approximate surface area is 131 Å². The molecule has 0 spiro atoms. The number of hydrogen-bond donors (Lipinski definition) is 0. The number of Topliss-reactive ketones (excluding diaryl/α,β-unsaturated/α-hetero) is 1. The second kappa shape index (κ2) is 5.44. The van der Waals surface area contributed by atoms with Crippen LogP contribution in [0.2, 0.25) is 0 Å². The molecule has 120 valence electrons. The minimum atomic E-state index is -3.57. The van der Waals surface area contributed by atoms with Crippen molar-refractivity contribution in [3.63, 3.8) is 0 Å². The van der Waals surface area contributed by atoms with E-state index in [4.69, 9.17) is 4.74 Å². The number of morpholine rings is 1. The number of sulfonamides is 1. The van der Waals surface area contributed by atoms with Gasteiger partial charge in [0.25, 0.3) is 0 Å². The molecule has 2 fully saturated rings. The molecule has 1 aliphatic carbocycles. The maximum Gasteiger partial charge on any atom is 0.243 e. The number of benzene rings is 1. The summed E-state index contributed by atoms with van der Waals surface area (Å²) in [6, 6.07) is 6.33. The largest absolute Gasteiger partial charge is 0.378 e. The first-order valence-electron chi connectivity index (χ1n) is 7.57. The standard InChI is InChI=1S/C16H21NO4S/c1-16(2)11-21-10-9-17(16)22(19,20)14-7-5-13(6-8-14)15(18)12-3-4-12/h5-8,12H,3-4,9-11H2,1-2H3. The van der Waals surface area contributed by atoms with Gasteiger partial charge >= 0.3 is 0 Å². The molecule has 6 heteroatoms. The Morgan fingerprint density at radius 1 is 1.23 bits per heavy atom. The molecule has 0 atom stereocenters. The molecule has 0 bridgehead atoms. The van der Waals surface area contributed by atoms with Gasteiger partial charge in [0.15, 0.2) is 5.78 Å². The summed E-state index contributed by atoms with van der Waals surface area (Å²) in [5.74, 6) is 0.260. The Morgan fingerprint density at radius 2 is 1.86 bits per heavy atom. The Hall–Kier alpha value is -1.24. The summed E-state index contributed by atoms with van der Waals surface area (Å²) in [5, 5.41) is 0. The minimum Gasteiger partial charge on any atom is -0.378 e. The Bertz CT molecular complexity index is 675. The number of hydrogen-bond acceptors (Lipinski definition) is 4. The summed E-state index contributed by atoms with van der Waals surface area (Å²) in [5.41, 5.74) is 0.0299. The summed E-state index contributed by atoms with van der Waals surface area (Å²) < 4.78 is 32.5. The number of carbonyl (C=O) groups excluding carboxylic acids is 1. The van der Waals surface area contributed by atoms with Crippen molar-refractivity contribution in [1.82, 2.24) is 4.31 Å². The van der Waals surface area contributed by atoms with E-state index in [1.807, 2.05) is 13.8 Å². The van der Waals surface area contributed by atoms with Gasteiger partial charge in [-0.25, -0.2) is 8.42 Å². The molecule has 1 saturated heterocycles. The lowest BCUT2D eigenvalue weighted by Gasteiger charge is -2.40. The smallest absolute Gasteiger partial charge is 0.243 e. The van der Waals surface area contributed by atoms with Crippen LogP contribution in [0.3, 0.4) is 0 Å². The van der Waals surface area contributed by atoms with E-state index >= 15 is 0 Å². The van der Waals surface area contributed by atoms with Crippen LogP contribution < -0.4 is 0 Å². The molecule has 22 heavy (non-hydrogen) atoms. The molecule has 1 heterocycles. The van der Waals surface area contributed by atoms with E-state index in [1.54, 1.807) is 12.1 Å². The maximum atomic E-state index is 12.8. The fourth-order valence-electron chi connectivity index (χ4n) is 2.79. The van der Waals surface area contributed by atoms with Gasteiger partial charge in [0.1, 0.15) is 0 Å². The van der Waals surface area contributed by atoms with E-state index in [0.717, 1.165) is 12.8 Å². The van der Waals surface area contributed by atoms with Gasteiger partial charge in [-0.15, -0.1) is 0 Å². The van der Waals surface area contributed by atoms with E-state index in [-0.39, 0.29) is 16.6 Å². The van der Waals surface area contributed by atoms with Gasteiger partial charge in [-0.2, -0.15) is 4.31 Å². The molecule has 3 rings (SSSR count). The second-order valence-corrected chi connectivity index (χ2v) is 8.47. The fourth-order valence-corrected chi connectivity index (χ4v) is 4.54. The van der Waals surface area contributed by atoms with Crippen LogP contribution in [0, 0.1) is 5.92 Å². The van der Waals surface area contributed by atoms with Gasteiger partial charge in [-0.05, 0) is 38.8 Å². The zero-order valence-corrected chi connectivity index (χ0v) is 13.7. The molecule has 0 amide bonds. The first kappa shape index (κ1) is 15.6. The van der Waals surface area contributed by atoms with Crippen molar-refractivity contribution in [1.29, 1.82) is 0 Å². The van der Waals surface area contributed by atoms with Crippen LogP contribution in [0.5, 0.6) is 0 Å². The van der Waals surface area contributed by atoms with E-state index in [9.17, 15) is 13.2 Å². The highest BCUT2D eigenvalue weighted by Gasteiger charge is 2.39. The van der Waals surface area contributed by atoms with E-state index in [0.29, 0.717) is 25.3 Å². The monoisotopic (exact) mass is 323 g/mol. The van der Waals surface area contributed by atoms with Crippen molar-refractivity contribution in [3.8, 4) is 0 Å². The molecule has 0 radical (unpaired) electrons. The van der Waals surface area contributed by atoms with Crippen LogP contribution in [-0.2, 0) is 14.8 Å². The first-order valence-corrected chi connectivity index (χ1v) is 9.01. The van der Waals surface area contributed by atoms with Crippen LogP contribution in [0.15, 0.2) is 29.2 Å². The Balaban J connectivity index is 1.87. The van der Waals surface area contributed by atoms with E-state index in [2.05, 4.69) is 0 Å². The summed E-state index contributed by atoms with van der Waals surface area (Å²) >= 11 is 0. The molecule has 2 aliphatic rings. The van der Waals surface area contributed by atoms with E-state index in [1.165, 1.54) is 16.4 Å². The van der Waals surface area contributed by atoms with Gasteiger partial charge in [0.2, 0.25) is 10.0 Å². The minimum absolute atomic E-state index is 0.121. The number of ketones is 1. The quantitative estimate of drug-likeness (QED) is 0.796. The van der Waals surface area contributed by atoms with Crippen molar-refractivity contribution in [2.24, 2.45) is 5.92 Å². The third-order valence-corrected chi connectivity index (χ3v) is 6.37. The SMILES string of the molecule is CC1(C)COCCN1S(=O)(=O)c1ccc(C(=O)C2CC2)cc1. The predicted octanol–water partition coefficient (Wildman–Crippen LogP) is 2.08. The average molecular weight is 323 g/mol. The molecule has 1 aromatic carbocycles. The molecular weight excluding hydrogens is 302 g/mol. The van der Waals surface area contributed by atoms with Gasteiger partial charge < -0.3 is 4.74 Å². The van der Waals surface area contributed by atoms with Crippen LogP contribution in [0.25, 0.3) is 0 Å². The highest BCUT2D eigenvalue weighted by molar-refractivity contribution is 7.89. The average Bonchev–Trinajstić information content (AvgIpc) is 3.30. The van der Waals surface area contributed by atoms with Crippen molar-refractivity contribution in [2.75, 3.05) is 19.8 Å². The van der Waals surface area contributed by atoms with Crippen molar-refractivity contribution < 1.29 is 17.9 Å². The van der Waals surface area contributed by atoms with Crippen molar-refractivity contribution in [2.45, 2.75) is 37.1 Å². The number of rotatable bonds is 4. The molecule has 1 aliphatic heterocycles. The van der Waals surface area contributed by atoms with Crippen LogP contribution in [-0.4, -0.2) is 43.8 Å². The lowest BCUT2D eigenvalue weighted by Crippen LogP contribution is -2.55. The zero-order valence-electron chi connectivity index (χ0n) is 12.9. The van der Waals surface area contributed by atoms with Crippen molar-refractivity contribution >= 4 is 15.8 Å². The normalized spacial score (nSPS) is 22.5. The molecule has 5 nitrogen and oxygen atoms in total. The molecule has 1 saturated carbocycles. The van der Waals surface area contributed by atoms with Crippen LogP contribution >= 0.6 is 0 Å². The summed E-state index contributed by atoms with van der Waals surface area (Å²) in [6.07, 6.45) is 1.89. The number of carbonyl (C=O) groups is 1. The summed E-state index contributed by atoms with van der Waals surface area (Å²) in [7, 11) is -3.57. The van der Waals surface area contributed by atoms with Gasteiger partial charge in [-0.3, -0.25) is 4.79 Å². The van der Waals surface area contributed by atoms with Gasteiger partial charge in [0, 0.05) is 18.0 Å². The molecular formula is C16H21NO4S. The van der Waals surface area contributed by atoms with Crippen LogP contribution in [0.1, 0.15) is 37.0 Å². The third-order valence-electron chi connectivity index (χ3n) is 4.24. The molecule has 0 unspecified atom stereocenters. The second-order valence-electron chi connectivity index (χ2n) is 6.61. The summed E-state index contributed by atoms with van der Waals surface area (Å²) in [4.78, 5) is 12.2. The zero-order chi connectivity index (χ0) is 16.0. The first-order chi connectivity index (χ1) is 10.3. The van der Waals surface area contributed by atoms with E-state index < -0.39 is 15.6 Å². The Morgan fingerprint density at radius 3 is 2.41 bits per heavy atom.